The van der Waals surface area contributed by atoms with Crippen molar-refractivity contribution < 1.29 is 8.42 Å². The highest BCUT2D eigenvalue weighted by Gasteiger charge is 2.63. The van der Waals surface area contributed by atoms with E-state index in [4.69, 9.17) is 10.5 Å². The van der Waals surface area contributed by atoms with Crippen LogP contribution in [0.4, 0.5) is 0 Å². The molecule has 5 heteroatoms. The molecule has 17 heavy (non-hydrogen) atoms. The first-order valence-electron chi connectivity index (χ1n) is 5.09. The first-order chi connectivity index (χ1) is 7.96. The van der Waals surface area contributed by atoms with E-state index in [2.05, 4.69) is 0 Å². The van der Waals surface area contributed by atoms with Gasteiger partial charge >= 0.3 is 0 Å². The molecule has 0 unspecified atom stereocenters. The van der Waals surface area contributed by atoms with E-state index in [1.807, 2.05) is 6.92 Å². The Bertz CT molecular complexity index is 619. The maximum Gasteiger partial charge on any atom is 0.183 e. The fraction of sp³-hybridized carbons (Fsp3) is 0.333. The second-order valence-electron chi connectivity index (χ2n) is 4.25. The van der Waals surface area contributed by atoms with Crippen LogP contribution in [0.15, 0.2) is 29.2 Å². The maximum absolute atomic E-state index is 12.1. The summed E-state index contributed by atoms with van der Waals surface area (Å²) in [6.07, 6.45) is 0.107. The second kappa shape index (κ2) is 3.58. The number of nitriles is 2. The summed E-state index contributed by atoms with van der Waals surface area (Å²) >= 11 is 0. The van der Waals surface area contributed by atoms with E-state index in [-0.39, 0.29) is 11.3 Å². The lowest BCUT2D eigenvalue weighted by atomic mass is 10.2. The summed E-state index contributed by atoms with van der Waals surface area (Å²) in [6.45, 7) is 1.86. The van der Waals surface area contributed by atoms with Gasteiger partial charge in [-0.1, -0.05) is 17.7 Å². The van der Waals surface area contributed by atoms with Gasteiger partial charge in [0.2, 0.25) is 0 Å². The SMILES string of the molecule is Cc1ccc(S(=O)(=O)[C@@H]2CC2(C#N)C#N)cc1. The lowest BCUT2D eigenvalue weighted by Crippen LogP contribution is -2.14. The molecule has 1 aliphatic rings. The van der Waals surface area contributed by atoms with Crippen LogP contribution < -0.4 is 0 Å². The molecule has 86 valence electrons. The van der Waals surface area contributed by atoms with Crippen LogP contribution in [-0.4, -0.2) is 13.7 Å². The molecule has 1 aliphatic carbocycles. The van der Waals surface area contributed by atoms with Crippen molar-refractivity contribution in [3.63, 3.8) is 0 Å². The lowest BCUT2D eigenvalue weighted by Gasteiger charge is -2.04. The molecule has 0 heterocycles. The van der Waals surface area contributed by atoms with Gasteiger partial charge in [-0.05, 0) is 19.1 Å². The maximum atomic E-state index is 12.1. The highest BCUT2D eigenvalue weighted by Crippen LogP contribution is 2.51. The zero-order valence-electron chi connectivity index (χ0n) is 9.21. The van der Waals surface area contributed by atoms with Crippen LogP contribution in [0.3, 0.4) is 0 Å². The molecule has 0 spiro atoms. The lowest BCUT2D eigenvalue weighted by molar-refractivity contribution is 0.591. The zero-order chi connectivity index (χ0) is 12.7. The van der Waals surface area contributed by atoms with Gasteiger partial charge in [0.15, 0.2) is 15.3 Å². The monoisotopic (exact) mass is 246 g/mol. The van der Waals surface area contributed by atoms with Crippen molar-refractivity contribution in [2.45, 2.75) is 23.5 Å². The molecule has 0 saturated heterocycles. The van der Waals surface area contributed by atoms with Crippen molar-refractivity contribution in [3.8, 4) is 12.1 Å². The van der Waals surface area contributed by atoms with Crippen LogP contribution in [0.25, 0.3) is 0 Å². The van der Waals surface area contributed by atoms with Crippen molar-refractivity contribution in [3.05, 3.63) is 29.8 Å². The Balaban J connectivity index is 2.39. The molecule has 0 amide bonds. The van der Waals surface area contributed by atoms with Crippen LogP contribution in [-0.2, 0) is 9.84 Å². The minimum Gasteiger partial charge on any atom is -0.223 e. The van der Waals surface area contributed by atoms with E-state index in [0.29, 0.717) is 0 Å². The van der Waals surface area contributed by atoms with Crippen molar-refractivity contribution in [2.75, 3.05) is 0 Å². The molecule has 1 saturated carbocycles. The molecule has 4 nitrogen and oxygen atoms in total. The third-order valence-electron chi connectivity index (χ3n) is 3.02. The van der Waals surface area contributed by atoms with Crippen LogP contribution in [0.5, 0.6) is 0 Å². The first kappa shape index (κ1) is 11.6. The van der Waals surface area contributed by atoms with E-state index in [9.17, 15) is 8.42 Å². The predicted octanol–water partition coefficient (Wildman–Crippen LogP) is 1.57. The van der Waals surface area contributed by atoms with Crippen LogP contribution in [0, 0.1) is 35.0 Å². The van der Waals surface area contributed by atoms with Crippen LogP contribution in [0.1, 0.15) is 12.0 Å². The van der Waals surface area contributed by atoms with Crippen molar-refractivity contribution in [2.24, 2.45) is 5.41 Å². The minimum absolute atomic E-state index is 0.107. The van der Waals surface area contributed by atoms with Crippen LogP contribution >= 0.6 is 0 Å². The van der Waals surface area contributed by atoms with Crippen LogP contribution in [0.2, 0.25) is 0 Å². The fourth-order valence-electron chi connectivity index (χ4n) is 1.76. The molecule has 0 N–H and O–H groups in total. The Morgan fingerprint density at radius 3 is 2.18 bits per heavy atom. The van der Waals surface area contributed by atoms with Gasteiger partial charge in [-0.3, -0.25) is 0 Å². The topological polar surface area (TPSA) is 81.7 Å². The molecule has 1 fully saturated rings. The summed E-state index contributed by atoms with van der Waals surface area (Å²) in [4.78, 5) is 0.181. The van der Waals surface area contributed by atoms with Crippen molar-refractivity contribution in [1.82, 2.24) is 0 Å². The Labute approximate surface area is 100 Å². The summed E-state index contributed by atoms with van der Waals surface area (Å²) < 4.78 is 24.3. The minimum atomic E-state index is -3.56. The third kappa shape index (κ3) is 1.69. The normalized spacial score (nSPS) is 21.2. The van der Waals surface area contributed by atoms with E-state index in [1.165, 1.54) is 12.1 Å². The molecule has 1 aromatic carbocycles. The highest BCUT2D eigenvalue weighted by molar-refractivity contribution is 7.92. The van der Waals surface area contributed by atoms with E-state index >= 15 is 0 Å². The Morgan fingerprint density at radius 1 is 1.24 bits per heavy atom. The van der Waals surface area contributed by atoms with Gasteiger partial charge in [0.1, 0.15) is 5.25 Å². The number of aryl methyl sites for hydroxylation is 1. The Kier molecular flexibility index (Phi) is 2.45. The number of nitrogens with zero attached hydrogens (tertiary/aromatic N) is 2. The Morgan fingerprint density at radius 2 is 1.76 bits per heavy atom. The smallest absolute Gasteiger partial charge is 0.183 e. The molecule has 0 aliphatic heterocycles. The van der Waals surface area contributed by atoms with Gasteiger partial charge < -0.3 is 0 Å². The van der Waals surface area contributed by atoms with E-state index in [1.54, 1.807) is 24.3 Å². The quantitative estimate of drug-likeness (QED) is 0.793. The number of rotatable bonds is 2. The standard InChI is InChI=1S/C12H10N2O2S/c1-9-2-4-10(5-3-9)17(15,16)11-6-12(11,7-13)8-14/h2-5,11H,6H2,1H3/t11-/m1/s1. The molecular formula is C12H10N2O2S. The summed E-state index contributed by atoms with van der Waals surface area (Å²) in [5, 5.41) is 16.8. The van der Waals surface area contributed by atoms with E-state index in [0.717, 1.165) is 5.56 Å². The molecule has 2 rings (SSSR count). The van der Waals surface area contributed by atoms with Gasteiger partial charge in [0.25, 0.3) is 0 Å². The molecule has 0 aromatic heterocycles. The summed E-state index contributed by atoms with van der Waals surface area (Å²) in [6, 6.07) is 10.0. The van der Waals surface area contributed by atoms with Gasteiger partial charge in [-0.2, -0.15) is 10.5 Å². The van der Waals surface area contributed by atoms with Gasteiger partial charge in [0.05, 0.1) is 17.0 Å². The predicted molar refractivity (Wildman–Crippen MR) is 60.4 cm³/mol. The van der Waals surface area contributed by atoms with Gasteiger partial charge in [0, 0.05) is 6.42 Å². The average Bonchev–Trinajstić information content (AvgIpc) is 3.06. The number of hydrogen-bond donors (Lipinski definition) is 0. The largest absolute Gasteiger partial charge is 0.223 e. The zero-order valence-corrected chi connectivity index (χ0v) is 10.0. The van der Waals surface area contributed by atoms with E-state index < -0.39 is 20.5 Å². The number of sulfone groups is 1. The summed E-state index contributed by atoms with van der Waals surface area (Å²) in [5.74, 6) is 0. The molecular weight excluding hydrogens is 236 g/mol. The third-order valence-corrected chi connectivity index (χ3v) is 5.27. The molecule has 1 aromatic rings. The van der Waals surface area contributed by atoms with Crippen molar-refractivity contribution >= 4 is 9.84 Å². The number of benzene rings is 1. The fourth-order valence-corrected chi connectivity index (χ4v) is 3.72. The van der Waals surface area contributed by atoms with Gasteiger partial charge in [-0.15, -0.1) is 0 Å². The van der Waals surface area contributed by atoms with Gasteiger partial charge in [-0.25, -0.2) is 8.42 Å². The Hall–Kier alpha value is -1.85. The summed E-state index contributed by atoms with van der Waals surface area (Å²) in [5.41, 5.74) is -0.379. The molecule has 0 bridgehead atoms. The second-order valence-corrected chi connectivity index (χ2v) is 6.38. The number of hydrogen-bond acceptors (Lipinski definition) is 4. The first-order valence-corrected chi connectivity index (χ1v) is 6.64. The highest BCUT2D eigenvalue weighted by atomic mass is 32.2. The summed E-state index contributed by atoms with van der Waals surface area (Å²) in [7, 11) is -3.56. The average molecular weight is 246 g/mol. The van der Waals surface area contributed by atoms with Crippen molar-refractivity contribution in [1.29, 1.82) is 10.5 Å². The molecule has 1 atom stereocenters. The molecule has 0 radical (unpaired) electrons.